The van der Waals surface area contributed by atoms with Crippen LogP contribution in [0.5, 0.6) is 5.75 Å². The van der Waals surface area contributed by atoms with Gasteiger partial charge in [-0.05, 0) is 53.2 Å². The minimum atomic E-state index is -0.0390. The average molecular weight is 378 g/mol. The van der Waals surface area contributed by atoms with Crippen molar-refractivity contribution in [2.75, 3.05) is 31.8 Å². The fourth-order valence-corrected chi connectivity index (χ4v) is 2.69. The van der Waals surface area contributed by atoms with Crippen LogP contribution in [0.2, 0.25) is 0 Å². The summed E-state index contributed by atoms with van der Waals surface area (Å²) in [6, 6.07) is 15.0. The van der Waals surface area contributed by atoms with Crippen LogP contribution >= 0.6 is 15.9 Å². The van der Waals surface area contributed by atoms with Crippen LogP contribution in [-0.2, 0) is 4.74 Å². The van der Waals surface area contributed by atoms with Gasteiger partial charge in [0.15, 0.2) is 0 Å². The molecule has 0 bridgehead atoms. The molecule has 0 fully saturated rings. The van der Waals surface area contributed by atoms with Crippen LogP contribution in [-0.4, -0.2) is 32.8 Å². The Kier molecular flexibility index (Phi) is 6.62. The van der Waals surface area contributed by atoms with Crippen molar-refractivity contribution in [2.45, 2.75) is 6.92 Å². The molecule has 0 saturated carbocycles. The zero-order valence-electron chi connectivity index (χ0n) is 13.3. The summed E-state index contributed by atoms with van der Waals surface area (Å²) in [6.07, 6.45) is 0. The third-order valence-electron chi connectivity index (χ3n) is 3.35. The van der Waals surface area contributed by atoms with Gasteiger partial charge in [0.05, 0.1) is 11.1 Å². The molecule has 0 unspecified atom stereocenters. The molecule has 2 aromatic rings. The SMILES string of the molecule is CCN(C(=O)c1ccc(OCCOC)c(Br)c1)c1ccccc1. The predicted octanol–water partition coefficient (Wildman–Crippen LogP) is 4.14. The van der Waals surface area contributed by atoms with E-state index in [0.717, 1.165) is 10.2 Å². The van der Waals surface area contributed by atoms with Crippen molar-refractivity contribution in [3.05, 3.63) is 58.6 Å². The van der Waals surface area contributed by atoms with Gasteiger partial charge in [-0.1, -0.05) is 18.2 Å². The Balaban J connectivity index is 2.17. The topological polar surface area (TPSA) is 38.8 Å². The number of ether oxygens (including phenoxy) is 2. The molecule has 0 saturated heterocycles. The number of carbonyl (C=O) groups is 1. The Morgan fingerprint density at radius 1 is 1.13 bits per heavy atom. The van der Waals surface area contributed by atoms with E-state index in [1.807, 2.05) is 37.3 Å². The van der Waals surface area contributed by atoms with Crippen molar-refractivity contribution >= 4 is 27.5 Å². The van der Waals surface area contributed by atoms with Crippen LogP contribution in [0.25, 0.3) is 0 Å². The van der Waals surface area contributed by atoms with Crippen LogP contribution < -0.4 is 9.64 Å². The highest BCUT2D eigenvalue weighted by Gasteiger charge is 2.17. The van der Waals surface area contributed by atoms with Gasteiger partial charge in [-0.3, -0.25) is 4.79 Å². The van der Waals surface area contributed by atoms with E-state index in [1.54, 1.807) is 30.2 Å². The highest BCUT2D eigenvalue weighted by Crippen LogP contribution is 2.27. The van der Waals surface area contributed by atoms with Crippen molar-refractivity contribution in [3.8, 4) is 5.75 Å². The Morgan fingerprint density at radius 3 is 2.48 bits per heavy atom. The molecule has 0 radical (unpaired) electrons. The van der Waals surface area contributed by atoms with E-state index in [1.165, 1.54) is 0 Å². The molecular weight excluding hydrogens is 358 g/mol. The summed E-state index contributed by atoms with van der Waals surface area (Å²) in [7, 11) is 1.63. The molecule has 4 nitrogen and oxygen atoms in total. The first-order chi connectivity index (χ1) is 11.2. The molecule has 23 heavy (non-hydrogen) atoms. The average Bonchev–Trinajstić information content (AvgIpc) is 2.58. The van der Waals surface area contributed by atoms with Gasteiger partial charge >= 0.3 is 0 Å². The first-order valence-corrected chi connectivity index (χ1v) is 8.25. The van der Waals surface area contributed by atoms with Crippen LogP contribution in [0, 0.1) is 0 Å². The minimum absolute atomic E-state index is 0.0390. The summed E-state index contributed by atoms with van der Waals surface area (Å²) in [5.41, 5.74) is 1.50. The second-order valence-electron chi connectivity index (χ2n) is 4.87. The van der Waals surface area contributed by atoms with E-state index in [9.17, 15) is 4.79 Å². The Bertz CT molecular complexity index is 646. The molecule has 0 heterocycles. The summed E-state index contributed by atoms with van der Waals surface area (Å²) in [5, 5.41) is 0. The van der Waals surface area contributed by atoms with Crippen LogP contribution in [0.4, 0.5) is 5.69 Å². The smallest absolute Gasteiger partial charge is 0.258 e. The third kappa shape index (κ3) is 4.56. The van der Waals surface area contributed by atoms with E-state index in [4.69, 9.17) is 9.47 Å². The van der Waals surface area contributed by atoms with E-state index in [-0.39, 0.29) is 5.91 Å². The second kappa shape index (κ2) is 8.70. The lowest BCUT2D eigenvalue weighted by molar-refractivity contribution is 0.0988. The zero-order valence-corrected chi connectivity index (χ0v) is 14.9. The highest BCUT2D eigenvalue weighted by molar-refractivity contribution is 9.10. The van der Waals surface area contributed by atoms with E-state index in [2.05, 4.69) is 15.9 Å². The Labute approximate surface area is 145 Å². The number of amides is 1. The number of nitrogens with zero attached hydrogens (tertiary/aromatic N) is 1. The molecule has 0 atom stereocenters. The number of para-hydroxylation sites is 1. The molecule has 0 aliphatic heterocycles. The molecule has 1 amide bonds. The van der Waals surface area contributed by atoms with Gasteiger partial charge in [0.1, 0.15) is 12.4 Å². The largest absolute Gasteiger partial charge is 0.490 e. The minimum Gasteiger partial charge on any atom is -0.490 e. The Hall–Kier alpha value is -1.85. The number of methoxy groups -OCH3 is 1. The molecule has 0 aromatic heterocycles. The fourth-order valence-electron chi connectivity index (χ4n) is 2.19. The standard InChI is InChI=1S/C18H20BrNO3/c1-3-20(15-7-5-4-6-8-15)18(21)14-9-10-17(16(19)13-14)23-12-11-22-2/h4-10,13H,3,11-12H2,1-2H3. The number of rotatable bonds is 7. The fraction of sp³-hybridized carbons (Fsp3) is 0.278. The number of carbonyl (C=O) groups excluding carboxylic acids is 1. The van der Waals surface area contributed by atoms with Gasteiger partial charge < -0.3 is 14.4 Å². The van der Waals surface area contributed by atoms with Gasteiger partial charge in [0.25, 0.3) is 5.91 Å². The maximum Gasteiger partial charge on any atom is 0.258 e. The Morgan fingerprint density at radius 2 is 1.87 bits per heavy atom. The summed E-state index contributed by atoms with van der Waals surface area (Å²) in [5.74, 6) is 0.657. The maximum atomic E-state index is 12.7. The molecule has 2 aromatic carbocycles. The summed E-state index contributed by atoms with van der Waals surface area (Å²) in [6.45, 7) is 3.55. The quantitative estimate of drug-likeness (QED) is 0.680. The first-order valence-electron chi connectivity index (χ1n) is 7.45. The number of hydrogen-bond donors (Lipinski definition) is 0. The number of anilines is 1. The van der Waals surface area contributed by atoms with Crippen LogP contribution in [0.1, 0.15) is 17.3 Å². The van der Waals surface area contributed by atoms with E-state index in [0.29, 0.717) is 31.1 Å². The van der Waals surface area contributed by atoms with Crippen molar-refractivity contribution in [1.29, 1.82) is 0 Å². The van der Waals surface area contributed by atoms with Crippen molar-refractivity contribution in [3.63, 3.8) is 0 Å². The van der Waals surface area contributed by atoms with Crippen LogP contribution in [0.15, 0.2) is 53.0 Å². The molecule has 5 heteroatoms. The number of hydrogen-bond acceptors (Lipinski definition) is 3. The first kappa shape index (κ1) is 17.5. The zero-order chi connectivity index (χ0) is 16.7. The summed E-state index contributed by atoms with van der Waals surface area (Å²) < 4.78 is 11.3. The lowest BCUT2D eigenvalue weighted by atomic mass is 10.1. The van der Waals surface area contributed by atoms with Crippen LogP contribution in [0.3, 0.4) is 0 Å². The van der Waals surface area contributed by atoms with E-state index < -0.39 is 0 Å². The second-order valence-corrected chi connectivity index (χ2v) is 5.73. The molecule has 2 rings (SSSR count). The van der Waals surface area contributed by atoms with Crippen molar-refractivity contribution in [2.24, 2.45) is 0 Å². The molecule has 0 spiro atoms. The highest BCUT2D eigenvalue weighted by atomic mass is 79.9. The lowest BCUT2D eigenvalue weighted by Crippen LogP contribution is -2.30. The van der Waals surface area contributed by atoms with Crippen molar-refractivity contribution < 1.29 is 14.3 Å². The molecular formula is C18H20BrNO3. The molecule has 0 aliphatic rings. The van der Waals surface area contributed by atoms with E-state index >= 15 is 0 Å². The van der Waals surface area contributed by atoms with Crippen molar-refractivity contribution in [1.82, 2.24) is 0 Å². The molecule has 0 aliphatic carbocycles. The maximum absolute atomic E-state index is 12.7. The lowest BCUT2D eigenvalue weighted by Gasteiger charge is -2.21. The molecule has 122 valence electrons. The normalized spacial score (nSPS) is 10.4. The summed E-state index contributed by atoms with van der Waals surface area (Å²) >= 11 is 3.46. The summed E-state index contributed by atoms with van der Waals surface area (Å²) in [4.78, 5) is 14.5. The monoisotopic (exact) mass is 377 g/mol. The molecule has 0 N–H and O–H groups in total. The number of benzene rings is 2. The third-order valence-corrected chi connectivity index (χ3v) is 3.97. The van der Waals surface area contributed by atoms with Gasteiger partial charge in [-0.15, -0.1) is 0 Å². The number of halogens is 1. The predicted molar refractivity (Wildman–Crippen MR) is 95.3 cm³/mol. The van der Waals surface area contributed by atoms with Gasteiger partial charge in [-0.25, -0.2) is 0 Å². The van der Waals surface area contributed by atoms with Gasteiger partial charge in [0.2, 0.25) is 0 Å². The van der Waals surface area contributed by atoms with Gasteiger partial charge in [-0.2, -0.15) is 0 Å². The van der Waals surface area contributed by atoms with Gasteiger partial charge in [0, 0.05) is 24.9 Å².